The summed E-state index contributed by atoms with van der Waals surface area (Å²) in [6.07, 6.45) is 0.219. The fourth-order valence-electron chi connectivity index (χ4n) is 2.67. The Morgan fingerprint density at radius 2 is 2.04 bits per heavy atom. The van der Waals surface area contributed by atoms with E-state index in [1.807, 2.05) is 31.5 Å². The van der Waals surface area contributed by atoms with Gasteiger partial charge >= 0.3 is 0 Å². The van der Waals surface area contributed by atoms with Gasteiger partial charge in [-0.3, -0.25) is 14.3 Å². The third-order valence-corrected chi connectivity index (χ3v) is 3.93. The number of methoxy groups -OCH3 is 1. The standard InChI is InChI=1S/C19H26N4O3/c1-13-10-15(3)23(22-13)12-14(2)21-18(24)8-9-20-19(25)16-6-5-7-17(11-16)26-4/h5-7,10-11,14H,8-9,12H2,1-4H3,(H,20,25)(H,21,24)/t14-/m0/s1. The molecule has 0 aliphatic rings. The number of benzene rings is 1. The van der Waals surface area contributed by atoms with Crippen LogP contribution in [0.1, 0.15) is 35.1 Å². The SMILES string of the molecule is COc1cccc(C(=O)NCCC(=O)N[C@@H](C)Cn2nc(C)cc2C)c1. The smallest absolute Gasteiger partial charge is 0.251 e. The molecule has 0 fully saturated rings. The molecule has 0 saturated heterocycles. The number of amides is 2. The van der Waals surface area contributed by atoms with Crippen molar-refractivity contribution >= 4 is 11.8 Å². The summed E-state index contributed by atoms with van der Waals surface area (Å²) in [6, 6.07) is 8.84. The molecule has 7 nitrogen and oxygen atoms in total. The molecule has 2 rings (SSSR count). The predicted octanol–water partition coefficient (Wildman–Crippen LogP) is 1.83. The maximum atomic E-state index is 12.1. The summed E-state index contributed by atoms with van der Waals surface area (Å²) < 4.78 is 6.98. The molecule has 2 N–H and O–H groups in total. The molecular weight excluding hydrogens is 332 g/mol. The van der Waals surface area contributed by atoms with E-state index in [1.165, 1.54) is 0 Å². The lowest BCUT2D eigenvalue weighted by molar-refractivity contribution is -0.121. The van der Waals surface area contributed by atoms with Gasteiger partial charge in [-0.1, -0.05) is 6.07 Å². The number of rotatable bonds is 8. The van der Waals surface area contributed by atoms with Crippen LogP contribution in [0.4, 0.5) is 0 Å². The van der Waals surface area contributed by atoms with Crippen LogP contribution >= 0.6 is 0 Å². The number of ether oxygens (including phenoxy) is 1. The van der Waals surface area contributed by atoms with E-state index in [2.05, 4.69) is 15.7 Å². The van der Waals surface area contributed by atoms with E-state index in [-0.39, 0.29) is 30.8 Å². The van der Waals surface area contributed by atoms with Crippen LogP contribution in [0.15, 0.2) is 30.3 Å². The molecule has 2 aromatic rings. The normalized spacial score (nSPS) is 11.7. The Labute approximate surface area is 153 Å². The van der Waals surface area contributed by atoms with E-state index in [9.17, 15) is 9.59 Å². The summed E-state index contributed by atoms with van der Waals surface area (Å²) in [5.41, 5.74) is 2.53. The predicted molar refractivity (Wildman–Crippen MR) is 99.2 cm³/mol. The summed E-state index contributed by atoms with van der Waals surface area (Å²) in [5, 5.41) is 10.1. The van der Waals surface area contributed by atoms with Crippen molar-refractivity contribution in [3.63, 3.8) is 0 Å². The Kier molecular flexibility index (Phi) is 6.77. The Morgan fingerprint density at radius 3 is 2.69 bits per heavy atom. The molecule has 1 atom stereocenters. The van der Waals surface area contributed by atoms with Crippen LogP contribution in [0.2, 0.25) is 0 Å². The van der Waals surface area contributed by atoms with Crippen molar-refractivity contribution < 1.29 is 14.3 Å². The summed E-state index contributed by atoms with van der Waals surface area (Å²) in [7, 11) is 1.55. The number of carbonyl (C=O) groups is 2. The van der Waals surface area contributed by atoms with E-state index in [1.54, 1.807) is 31.4 Å². The number of carbonyl (C=O) groups excluding carboxylic acids is 2. The molecule has 1 aromatic carbocycles. The first-order chi connectivity index (χ1) is 12.4. The molecule has 26 heavy (non-hydrogen) atoms. The number of nitrogens with zero attached hydrogens (tertiary/aromatic N) is 2. The van der Waals surface area contributed by atoms with Crippen LogP contribution < -0.4 is 15.4 Å². The molecule has 0 spiro atoms. The summed E-state index contributed by atoms with van der Waals surface area (Å²) in [4.78, 5) is 24.1. The highest BCUT2D eigenvalue weighted by molar-refractivity contribution is 5.94. The first-order valence-electron chi connectivity index (χ1n) is 8.61. The van der Waals surface area contributed by atoms with Gasteiger partial charge in [0.1, 0.15) is 5.75 Å². The van der Waals surface area contributed by atoms with Crippen molar-refractivity contribution in [2.45, 2.75) is 39.8 Å². The van der Waals surface area contributed by atoms with E-state index in [0.717, 1.165) is 11.4 Å². The molecule has 0 unspecified atom stereocenters. The lowest BCUT2D eigenvalue weighted by atomic mass is 10.2. The highest BCUT2D eigenvalue weighted by Crippen LogP contribution is 2.12. The number of aromatic nitrogens is 2. The van der Waals surface area contributed by atoms with Crippen LogP contribution in [-0.4, -0.2) is 41.3 Å². The van der Waals surface area contributed by atoms with Gasteiger partial charge in [0.05, 0.1) is 19.3 Å². The lowest BCUT2D eigenvalue weighted by Crippen LogP contribution is -2.38. The average Bonchev–Trinajstić information content (AvgIpc) is 2.91. The zero-order valence-corrected chi connectivity index (χ0v) is 15.7. The van der Waals surface area contributed by atoms with Crippen LogP contribution in [0.5, 0.6) is 5.75 Å². The van der Waals surface area contributed by atoms with Crippen molar-refractivity contribution in [1.82, 2.24) is 20.4 Å². The zero-order valence-electron chi connectivity index (χ0n) is 15.7. The van der Waals surface area contributed by atoms with Gasteiger partial charge in [-0.25, -0.2) is 0 Å². The number of hydrogen-bond donors (Lipinski definition) is 2. The van der Waals surface area contributed by atoms with Crippen molar-refractivity contribution in [3.8, 4) is 5.75 Å². The van der Waals surface area contributed by atoms with Gasteiger partial charge in [-0.15, -0.1) is 0 Å². The van der Waals surface area contributed by atoms with Gasteiger partial charge in [0, 0.05) is 30.3 Å². The molecule has 0 bridgehead atoms. The van der Waals surface area contributed by atoms with Crippen LogP contribution in [0, 0.1) is 13.8 Å². The van der Waals surface area contributed by atoms with Crippen molar-refractivity contribution in [1.29, 1.82) is 0 Å². The Bertz CT molecular complexity index is 770. The second-order valence-corrected chi connectivity index (χ2v) is 6.32. The minimum atomic E-state index is -0.229. The van der Waals surface area contributed by atoms with Gasteiger partial charge in [-0.05, 0) is 45.0 Å². The first kappa shape index (κ1) is 19.5. The van der Waals surface area contributed by atoms with Gasteiger partial charge in [0.15, 0.2) is 0 Å². The molecule has 0 radical (unpaired) electrons. The highest BCUT2D eigenvalue weighted by atomic mass is 16.5. The van der Waals surface area contributed by atoms with Crippen LogP contribution in [0.25, 0.3) is 0 Å². The maximum Gasteiger partial charge on any atom is 0.251 e. The van der Waals surface area contributed by atoms with E-state index in [4.69, 9.17) is 4.74 Å². The van der Waals surface area contributed by atoms with E-state index < -0.39 is 0 Å². The molecular formula is C19H26N4O3. The second kappa shape index (κ2) is 9.03. The summed E-state index contributed by atoms with van der Waals surface area (Å²) >= 11 is 0. The lowest BCUT2D eigenvalue weighted by Gasteiger charge is -2.15. The molecule has 0 aliphatic heterocycles. The first-order valence-corrected chi connectivity index (χ1v) is 8.61. The van der Waals surface area contributed by atoms with Gasteiger partial charge in [0.2, 0.25) is 5.91 Å². The third kappa shape index (κ3) is 5.61. The van der Waals surface area contributed by atoms with Crippen LogP contribution in [0.3, 0.4) is 0 Å². The Balaban J connectivity index is 1.74. The van der Waals surface area contributed by atoms with E-state index in [0.29, 0.717) is 17.9 Å². The topological polar surface area (TPSA) is 85.2 Å². The van der Waals surface area contributed by atoms with E-state index >= 15 is 0 Å². The number of aryl methyl sites for hydroxylation is 2. The fraction of sp³-hybridized carbons (Fsp3) is 0.421. The molecule has 140 valence electrons. The summed E-state index contributed by atoms with van der Waals surface area (Å²) in [5.74, 6) is 0.283. The third-order valence-electron chi connectivity index (χ3n) is 3.93. The van der Waals surface area contributed by atoms with Gasteiger partial charge in [0.25, 0.3) is 5.91 Å². The number of nitrogens with one attached hydrogen (secondary N) is 2. The van der Waals surface area contributed by atoms with Crippen molar-refractivity contribution in [3.05, 3.63) is 47.3 Å². The molecule has 2 amide bonds. The van der Waals surface area contributed by atoms with Crippen molar-refractivity contribution in [2.75, 3.05) is 13.7 Å². The highest BCUT2D eigenvalue weighted by Gasteiger charge is 2.11. The summed E-state index contributed by atoms with van der Waals surface area (Å²) in [6.45, 7) is 6.75. The van der Waals surface area contributed by atoms with Crippen molar-refractivity contribution in [2.24, 2.45) is 0 Å². The molecule has 0 saturated carbocycles. The molecule has 7 heteroatoms. The second-order valence-electron chi connectivity index (χ2n) is 6.32. The Hall–Kier alpha value is -2.83. The maximum absolute atomic E-state index is 12.1. The Morgan fingerprint density at radius 1 is 1.27 bits per heavy atom. The minimum Gasteiger partial charge on any atom is -0.497 e. The quantitative estimate of drug-likeness (QED) is 0.754. The van der Waals surface area contributed by atoms with Gasteiger partial charge < -0.3 is 15.4 Å². The monoisotopic (exact) mass is 358 g/mol. The molecule has 1 heterocycles. The average molecular weight is 358 g/mol. The zero-order chi connectivity index (χ0) is 19.1. The largest absolute Gasteiger partial charge is 0.497 e. The minimum absolute atomic E-state index is 0.0467. The van der Waals surface area contributed by atoms with Crippen LogP contribution in [-0.2, 0) is 11.3 Å². The molecule has 0 aliphatic carbocycles. The number of hydrogen-bond acceptors (Lipinski definition) is 4. The fourth-order valence-corrected chi connectivity index (χ4v) is 2.67. The molecule has 1 aromatic heterocycles. The van der Waals surface area contributed by atoms with Gasteiger partial charge in [-0.2, -0.15) is 5.10 Å².